The van der Waals surface area contributed by atoms with Crippen LogP contribution in [0, 0.1) is 0 Å². The third-order valence-corrected chi connectivity index (χ3v) is 2.70. The van der Waals surface area contributed by atoms with Crippen molar-refractivity contribution in [2.24, 2.45) is 5.73 Å². The highest BCUT2D eigenvalue weighted by atomic mass is 79.9. The van der Waals surface area contributed by atoms with Crippen LogP contribution in [-0.2, 0) is 0 Å². The fourth-order valence-corrected chi connectivity index (χ4v) is 1.81. The number of aliphatic hydroxyl groups is 1. The molecule has 0 spiro atoms. The van der Waals surface area contributed by atoms with Gasteiger partial charge < -0.3 is 15.4 Å². The maximum atomic E-state index is 9.75. The van der Waals surface area contributed by atoms with Crippen LogP contribution in [0.4, 0.5) is 0 Å². The molecule has 0 bridgehead atoms. The molecule has 1 atom stereocenters. The Balaban J connectivity index is 2.44. The Kier molecular flexibility index (Phi) is 3.04. The van der Waals surface area contributed by atoms with E-state index in [0.29, 0.717) is 18.7 Å². The van der Waals surface area contributed by atoms with Gasteiger partial charge in [0, 0.05) is 9.86 Å². The van der Waals surface area contributed by atoms with Crippen LogP contribution in [0.15, 0.2) is 27.2 Å². The SMILES string of the molecule is NCCC(O)c1onc2cc(Br)ccc12. The van der Waals surface area contributed by atoms with Crippen LogP contribution in [0.2, 0.25) is 0 Å². The van der Waals surface area contributed by atoms with Crippen LogP contribution in [-0.4, -0.2) is 16.8 Å². The van der Waals surface area contributed by atoms with Crippen molar-refractivity contribution < 1.29 is 9.63 Å². The number of fused-ring (bicyclic) bond motifs is 1. The maximum absolute atomic E-state index is 9.75. The summed E-state index contributed by atoms with van der Waals surface area (Å²) in [7, 11) is 0. The van der Waals surface area contributed by atoms with Gasteiger partial charge in [0.05, 0.1) is 0 Å². The molecule has 15 heavy (non-hydrogen) atoms. The zero-order valence-corrected chi connectivity index (χ0v) is 9.57. The highest BCUT2D eigenvalue weighted by Crippen LogP contribution is 2.27. The second kappa shape index (κ2) is 4.30. The topological polar surface area (TPSA) is 72.3 Å². The van der Waals surface area contributed by atoms with Crippen molar-refractivity contribution in [2.75, 3.05) is 6.54 Å². The number of halogens is 1. The first kappa shape index (κ1) is 10.6. The van der Waals surface area contributed by atoms with Gasteiger partial charge in [0.1, 0.15) is 11.6 Å². The first-order valence-electron chi connectivity index (χ1n) is 4.65. The summed E-state index contributed by atoms with van der Waals surface area (Å²) in [5, 5.41) is 14.5. The van der Waals surface area contributed by atoms with Gasteiger partial charge in [-0.05, 0) is 31.2 Å². The number of rotatable bonds is 3. The molecule has 1 heterocycles. The Morgan fingerprint density at radius 2 is 2.33 bits per heavy atom. The molecule has 1 aromatic heterocycles. The predicted octanol–water partition coefficient (Wildman–Crippen LogP) is 1.97. The standard InChI is InChI=1S/C10H11BrN2O2/c11-6-1-2-7-8(5-6)13-15-10(7)9(14)3-4-12/h1-2,5,9,14H,3-4,12H2. The molecule has 1 unspecified atom stereocenters. The van der Waals surface area contributed by atoms with Crippen molar-refractivity contribution in [3.8, 4) is 0 Å². The minimum absolute atomic E-state index is 0.417. The normalized spacial score (nSPS) is 13.3. The molecular weight excluding hydrogens is 260 g/mol. The summed E-state index contributed by atoms with van der Waals surface area (Å²) in [6, 6.07) is 5.60. The molecule has 4 nitrogen and oxygen atoms in total. The Morgan fingerprint density at radius 1 is 1.53 bits per heavy atom. The van der Waals surface area contributed by atoms with Crippen molar-refractivity contribution in [1.29, 1.82) is 0 Å². The van der Waals surface area contributed by atoms with Crippen LogP contribution in [0.1, 0.15) is 18.3 Å². The Labute approximate surface area is 95.2 Å². The summed E-state index contributed by atoms with van der Waals surface area (Å²) >= 11 is 3.35. The van der Waals surface area contributed by atoms with Crippen molar-refractivity contribution in [1.82, 2.24) is 5.16 Å². The van der Waals surface area contributed by atoms with E-state index < -0.39 is 6.10 Å². The summed E-state index contributed by atoms with van der Waals surface area (Å²) in [5.74, 6) is 0.489. The van der Waals surface area contributed by atoms with Crippen molar-refractivity contribution in [3.05, 3.63) is 28.4 Å². The largest absolute Gasteiger partial charge is 0.385 e. The molecule has 2 aromatic rings. The summed E-state index contributed by atoms with van der Waals surface area (Å²) in [6.07, 6.45) is -0.207. The summed E-state index contributed by atoms with van der Waals surface area (Å²) in [4.78, 5) is 0. The molecule has 0 aliphatic carbocycles. The quantitative estimate of drug-likeness (QED) is 0.895. The third-order valence-electron chi connectivity index (χ3n) is 2.21. The first-order chi connectivity index (χ1) is 7.22. The van der Waals surface area contributed by atoms with Gasteiger partial charge >= 0.3 is 0 Å². The molecule has 0 saturated carbocycles. The maximum Gasteiger partial charge on any atom is 0.173 e. The number of hydrogen-bond acceptors (Lipinski definition) is 4. The Hall–Kier alpha value is -0.910. The highest BCUT2D eigenvalue weighted by molar-refractivity contribution is 9.10. The molecule has 0 aliphatic heterocycles. The molecule has 3 N–H and O–H groups in total. The van der Waals surface area contributed by atoms with E-state index in [1.165, 1.54) is 0 Å². The van der Waals surface area contributed by atoms with E-state index in [1.807, 2.05) is 18.2 Å². The van der Waals surface area contributed by atoms with Crippen LogP contribution < -0.4 is 5.73 Å². The van der Waals surface area contributed by atoms with E-state index in [9.17, 15) is 5.11 Å². The van der Waals surface area contributed by atoms with Crippen LogP contribution in [0.25, 0.3) is 10.9 Å². The van der Waals surface area contributed by atoms with Crippen molar-refractivity contribution in [2.45, 2.75) is 12.5 Å². The Morgan fingerprint density at radius 3 is 3.07 bits per heavy atom. The molecule has 0 saturated heterocycles. The van der Waals surface area contributed by atoms with E-state index in [2.05, 4.69) is 21.1 Å². The fraction of sp³-hybridized carbons (Fsp3) is 0.300. The third kappa shape index (κ3) is 2.04. The van der Waals surface area contributed by atoms with E-state index in [0.717, 1.165) is 15.4 Å². The molecule has 5 heteroatoms. The number of aromatic nitrogens is 1. The van der Waals surface area contributed by atoms with Gasteiger partial charge in [0.15, 0.2) is 5.76 Å². The fourth-order valence-electron chi connectivity index (χ4n) is 1.47. The number of nitrogens with zero attached hydrogens (tertiary/aromatic N) is 1. The molecule has 1 aromatic carbocycles. The molecular formula is C10H11BrN2O2. The van der Waals surface area contributed by atoms with Gasteiger partial charge in [-0.25, -0.2) is 0 Å². The average molecular weight is 271 g/mol. The first-order valence-corrected chi connectivity index (χ1v) is 5.44. The molecule has 2 rings (SSSR count). The van der Waals surface area contributed by atoms with Crippen molar-refractivity contribution >= 4 is 26.8 Å². The lowest BCUT2D eigenvalue weighted by molar-refractivity contribution is 0.135. The lowest BCUT2D eigenvalue weighted by atomic mass is 10.1. The summed E-state index contributed by atoms with van der Waals surface area (Å²) < 4.78 is 6.04. The average Bonchev–Trinajstić information content (AvgIpc) is 2.60. The summed E-state index contributed by atoms with van der Waals surface area (Å²) in [5.41, 5.74) is 6.11. The Bertz CT molecular complexity index is 469. The zero-order chi connectivity index (χ0) is 10.8. The number of aliphatic hydroxyl groups excluding tert-OH is 1. The zero-order valence-electron chi connectivity index (χ0n) is 7.98. The van der Waals surface area contributed by atoms with Gasteiger partial charge in [0.25, 0.3) is 0 Å². The molecule has 80 valence electrons. The van der Waals surface area contributed by atoms with E-state index >= 15 is 0 Å². The highest BCUT2D eigenvalue weighted by Gasteiger charge is 2.16. The van der Waals surface area contributed by atoms with Crippen LogP contribution >= 0.6 is 15.9 Å². The number of nitrogens with two attached hydrogens (primary N) is 1. The summed E-state index contributed by atoms with van der Waals surface area (Å²) in [6.45, 7) is 0.417. The van der Waals surface area contributed by atoms with Crippen LogP contribution in [0.5, 0.6) is 0 Å². The lowest BCUT2D eigenvalue weighted by Crippen LogP contribution is -2.06. The van der Waals surface area contributed by atoms with Gasteiger partial charge in [-0.1, -0.05) is 21.1 Å². The minimum atomic E-state index is -0.679. The van der Waals surface area contributed by atoms with E-state index in [-0.39, 0.29) is 0 Å². The van der Waals surface area contributed by atoms with E-state index in [4.69, 9.17) is 10.3 Å². The monoisotopic (exact) mass is 270 g/mol. The van der Waals surface area contributed by atoms with Gasteiger partial charge in [-0.3, -0.25) is 0 Å². The van der Waals surface area contributed by atoms with E-state index in [1.54, 1.807) is 0 Å². The minimum Gasteiger partial charge on any atom is -0.385 e. The number of benzene rings is 1. The molecule has 0 amide bonds. The van der Waals surface area contributed by atoms with Gasteiger partial charge in [-0.15, -0.1) is 0 Å². The second-order valence-corrected chi connectivity index (χ2v) is 4.22. The molecule has 0 radical (unpaired) electrons. The molecule has 0 fully saturated rings. The lowest BCUT2D eigenvalue weighted by Gasteiger charge is -2.04. The predicted molar refractivity (Wildman–Crippen MR) is 60.3 cm³/mol. The smallest absolute Gasteiger partial charge is 0.173 e. The van der Waals surface area contributed by atoms with Gasteiger partial charge in [-0.2, -0.15) is 0 Å². The van der Waals surface area contributed by atoms with Crippen LogP contribution in [0.3, 0.4) is 0 Å². The molecule has 0 aliphatic rings. The number of hydrogen-bond donors (Lipinski definition) is 2. The van der Waals surface area contributed by atoms with Crippen molar-refractivity contribution in [3.63, 3.8) is 0 Å². The second-order valence-electron chi connectivity index (χ2n) is 3.30. The van der Waals surface area contributed by atoms with Gasteiger partial charge in [0.2, 0.25) is 0 Å².